The van der Waals surface area contributed by atoms with Crippen molar-refractivity contribution in [3.8, 4) is 0 Å². The van der Waals surface area contributed by atoms with E-state index in [0.717, 1.165) is 0 Å². The molecule has 15 heavy (non-hydrogen) atoms. The van der Waals surface area contributed by atoms with Crippen LogP contribution in [0.1, 0.15) is 24.2 Å². The van der Waals surface area contributed by atoms with Crippen molar-refractivity contribution in [1.29, 1.82) is 5.39 Å². The lowest BCUT2D eigenvalue weighted by Crippen LogP contribution is -1.95. The molecular formula is C10H14N3O2+. The molecule has 0 saturated carbocycles. The average molecular weight is 208 g/mol. The standard InChI is InChI=1S/C7H7NO2.C3H7N2/c8-6-3-1-5(2-4-6)7(9)10;1-3(2)5-4/h1-4H,8H2,(H,9,10);3H,1-2H3/q;+1. The predicted molar refractivity (Wildman–Crippen MR) is 58.0 cm³/mol. The first kappa shape index (κ1) is 12.9. The second-order valence-corrected chi connectivity index (χ2v) is 3.14. The number of nitrogens with zero attached hydrogens (tertiary/aromatic N) is 2. The van der Waals surface area contributed by atoms with Crippen LogP contribution in [0.2, 0.25) is 0 Å². The van der Waals surface area contributed by atoms with E-state index in [1.807, 2.05) is 0 Å². The number of nitrogen functional groups attached to an aromatic ring is 1. The van der Waals surface area contributed by atoms with E-state index in [4.69, 9.17) is 16.2 Å². The molecule has 0 aliphatic carbocycles. The SMILES string of the molecule is CC(C)[N+]#N.Nc1ccc(C(=O)O)cc1. The van der Waals surface area contributed by atoms with Crippen LogP contribution in [-0.2, 0) is 0 Å². The van der Waals surface area contributed by atoms with Gasteiger partial charge in [-0.1, -0.05) is 0 Å². The lowest BCUT2D eigenvalue weighted by Gasteiger charge is -1.93. The van der Waals surface area contributed by atoms with Crippen molar-refractivity contribution < 1.29 is 9.90 Å². The van der Waals surface area contributed by atoms with E-state index in [2.05, 4.69) is 4.98 Å². The molecule has 0 saturated heterocycles. The van der Waals surface area contributed by atoms with E-state index in [-0.39, 0.29) is 11.6 Å². The number of carboxylic acid groups (broad SMARTS) is 1. The molecule has 0 atom stereocenters. The van der Waals surface area contributed by atoms with Gasteiger partial charge in [-0.05, 0) is 24.3 Å². The molecule has 0 unspecified atom stereocenters. The highest BCUT2D eigenvalue weighted by Crippen LogP contribution is 2.04. The number of diazo groups is 1. The van der Waals surface area contributed by atoms with E-state index in [9.17, 15) is 4.79 Å². The van der Waals surface area contributed by atoms with Crippen molar-refractivity contribution in [2.45, 2.75) is 19.9 Å². The predicted octanol–water partition coefficient (Wildman–Crippen LogP) is 2.21. The second kappa shape index (κ2) is 6.38. The molecule has 0 aliphatic heterocycles. The molecule has 5 heteroatoms. The molecule has 0 amide bonds. The van der Waals surface area contributed by atoms with Gasteiger partial charge in [0.15, 0.2) is 0 Å². The monoisotopic (exact) mass is 208 g/mol. The second-order valence-electron chi connectivity index (χ2n) is 3.14. The highest BCUT2D eigenvalue weighted by Gasteiger charge is 1.98. The largest absolute Gasteiger partial charge is 0.478 e. The molecule has 1 rings (SSSR count). The van der Waals surface area contributed by atoms with Crippen LogP contribution < -0.4 is 5.73 Å². The van der Waals surface area contributed by atoms with Crippen LogP contribution in [0.5, 0.6) is 0 Å². The first-order valence-electron chi connectivity index (χ1n) is 4.40. The van der Waals surface area contributed by atoms with Gasteiger partial charge >= 0.3 is 12.0 Å². The fourth-order valence-electron chi connectivity index (χ4n) is 0.626. The Balaban J connectivity index is 0.000000336. The third-order valence-corrected chi connectivity index (χ3v) is 1.39. The topological polar surface area (TPSA) is 91.5 Å². The first-order valence-corrected chi connectivity index (χ1v) is 4.40. The van der Waals surface area contributed by atoms with Gasteiger partial charge in [-0.15, -0.1) is 0 Å². The fourth-order valence-corrected chi connectivity index (χ4v) is 0.626. The number of carbonyl (C=O) groups is 1. The molecule has 5 nitrogen and oxygen atoms in total. The van der Waals surface area contributed by atoms with E-state index < -0.39 is 5.97 Å². The summed E-state index contributed by atoms with van der Waals surface area (Å²) in [5.41, 5.74) is 6.17. The summed E-state index contributed by atoms with van der Waals surface area (Å²) < 4.78 is 0. The highest BCUT2D eigenvalue weighted by atomic mass is 16.4. The Labute approximate surface area is 88.2 Å². The summed E-state index contributed by atoms with van der Waals surface area (Å²) in [6.45, 7) is 3.61. The van der Waals surface area contributed by atoms with Gasteiger partial charge in [0.25, 0.3) is 0 Å². The van der Waals surface area contributed by atoms with Crippen molar-refractivity contribution in [2.75, 3.05) is 5.73 Å². The molecule has 0 spiro atoms. The highest BCUT2D eigenvalue weighted by molar-refractivity contribution is 5.87. The molecule has 3 N–H and O–H groups in total. The Bertz CT molecular complexity index is 352. The number of hydrogen-bond acceptors (Lipinski definition) is 3. The molecule has 80 valence electrons. The van der Waals surface area contributed by atoms with Gasteiger partial charge < -0.3 is 10.8 Å². The minimum Gasteiger partial charge on any atom is -0.478 e. The summed E-state index contributed by atoms with van der Waals surface area (Å²) in [6.07, 6.45) is 0. The Morgan fingerprint density at radius 3 is 2.07 bits per heavy atom. The summed E-state index contributed by atoms with van der Waals surface area (Å²) >= 11 is 0. The van der Waals surface area contributed by atoms with Crippen LogP contribution in [0.15, 0.2) is 24.3 Å². The third-order valence-electron chi connectivity index (χ3n) is 1.39. The molecule has 1 aromatic rings. The molecule has 0 fully saturated rings. The molecule has 0 aromatic heterocycles. The van der Waals surface area contributed by atoms with Gasteiger partial charge in [0.05, 0.1) is 5.56 Å². The van der Waals surface area contributed by atoms with Crippen LogP contribution in [0, 0.1) is 5.39 Å². The summed E-state index contributed by atoms with van der Waals surface area (Å²) in [6, 6.07) is 6.12. The number of carboxylic acids is 1. The van der Waals surface area contributed by atoms with Crippen molar-refractivity contribution in [3.63, 3.8) is 0 Å². The lowest BCUT2D eigenvalue weighted by atomic mass is 10.2. The maximum absolute atomic E-state index is 10.3. The van der Waals surface area contributed by atoms with E-state index in [0.29, 0.717) is 5.69 Å². The molecule has 0 radical (unpaired) electrons. The lowest BCUT2D eigenvalue weighted by molar-refractivity contribution is 0.0697. The van der Waals surface area contributed by atoms with E-state index in [1.54, 1.807) is 26.0 Å². The quantitative estimate of drug-likeness (QED) is 0.546. The number of aromatic carboxylic acids is 1. The van der Waals surface area contributed by atoms with E-state index in [1.165, 1.54) is 12.1 Å². The smallest absolute Gasteiger partial charge is 0.335 e. The van der Waals surface area contributed by atoms with Crippen molar-refractivity contribution >= 4 is 11.7 Å². The molecule has 0 bridgehead atoms. The van der Waals surface area contributed by atoms with Crippen LogP contribution in [0.3, 0.4) is 0 Å². The zero-order valence-corrected chi connectivity index (χ0v) is 8.71. The number of anilines is 1. The summed E-state index contributed by atoms with van der Waals surface area (Å²) in [5, 5.41) is 16.2. The Kier molecular flexibility index (Phi) is 5.49. The maximum Gasteiger partial charge on any atom is 0.335 e. The zero-order valence-electron chi connectivity index (χ0n) is 8.71. The van der Waals surface area contributed by atoms with Crippen LogP contribution >= 0.6 is 0 Å². The number of benzene rings is 1. The van der Waals surface area contributed by atoms with Gasteiger partial charge in [-0.2, -0.15) is 0 Å². The maximum atomic E-state index is 10.3. The molecule has 1 aromatic carbocycles. The van der Waals surface area contributed by atoms with Crippen molar-refractivity contribution in [2.24, 2.45) is 0 Å². The molecular weight excluding hydrogens is 194 g/mol. The summed E-state index contributed by atoms with van der Waals surface area (Å²) in [5.74, 6) is -0.931. The van der Waals surface area contributed by atoms with Gasteiger partial charge in [0.2, 0.25) is 5.39 Å². The molecule has 0 heterocycles. The number of hydrogen-bond donors (Lipinski definition) is 2. The minimum absolute atomic E-state index is 0.0648. The van der Waals surface area contributed by atoms with Crippen LogP contribution in [0.25, 0.3) is 4.98 Å². The normalized spacial score (nSPS) is 8.67. The van der Waals surface area contributed by atoms with Gasteiger partial charge in [0.1, 0.15) is 4.98 Å². The Morgan fingerprint density at radius 2 is 1.80 bits per heavy atom. The Morgan fingerprint density at radius 1 is 1.40 bits per heavy atom. The van der Waals surface area contributed by atoms with Crippen LogP contribution in [0.4, 0.5) is 5.69 Å². The van der Waals surface area contributed by atoms with Crippen molar-refractivity contribution in [3.05, 3.63) is 34.8 Å². The zero-order chi connectivity index (χ0) is 11.8. The van der Waals surface area contributed by atoms with Crippen molar-refractivity contribution in [1.82, 2.24) is 0 Å². The number of nitrogens with two attached hydrogens (primary N) is 1. The van der Waals surface area contributed by atoms with Gasteiger partial charge in [-0.25, -0.2) is 4.79 Å². The minimum atomic E-state index is -0.931. The van der Waals surface area contributed by atoms with Gasteiger partial charge in [0, 0.05) is 19.5 Å². The average Bonchev–Trinajstić information content (AvgIpc) is 2.19. The summed E-state index contributed by atoms with van der Waals surface area (Å²) in [7, 11) is 0. The van der Waals surface area contributed by atoms with Crippen LogP contribution in [-0.4, -0.2) is 17.1 Å². The summed E-state index contributed by atoms with van der Waals surface area (Å²) in [4.78, 5) is 13.2. The van der Waals surface area contributed by atoms with Gasteiger partial charge in [-0.3, -0.25) is 0 Å². The van der Waals surface area contributed by atoms with E-state index >= 15 is 0 Å². The first-order chi connectivity index (χ1) is 6.97. The Hall–Kier alpha value is -2.09. The fraction of sp³-hybridized carbons (Fsp3) is 0.300. The third kappa shape index (κ3) is 6.05. The number of rotatable bonds is 1. The molecule has 0 aliphatic rings.